The second-order valence-electron chi connectivity index (χ2n) is 3.29. The van der Waals surface area contributed by atoms with E-state index >= 15 is 0 Å². The average Bonchev–Trinajstić information content (AvgIpc) is 2.35. The van der Waals surface area contributed by atoms with Gasteiger partial charge < -0.3 is 5.32 Å². The molecular weight excluding hydrogens is 234 g/mol. The van der Waals surface area contributed by atoms with Gasteiger partial charge in [-0.2, -0.15) is 0 Å². The maximum absolute atomic E-state index is 3.57. The molecule has 1 aliphatic carbocycles. The summed E-state index contributed by atoms with van der Waals surface area (Å²) in [4.78, 5) is 1.53. The van der Waals surface area contributed by atoms with Gasteiger partial charge in [-0.3, -0.25) is 0 Å². The van der Waals surface area contributed by atoms with Crippen molar-refractivity contribution in [3.63, 3.8) is 0 Å². The maximum Gasteiger partial charge on any atom is 0.0317 e. The molecule has 1 N–H and O–H groups in total. The largest absolute Gasteiger partial charge is 0.317 e. The third kappa shape index (κ3) is 1.45. The molecule has 0 unspecified atom stereocenters. The third-order valence-electron chi connectivity index (χ3n) is 2.56. The Labute approximate surface area is 85.3 Å². The van der Waals surface area contributed by atoms with Crippen LogP contribution in [-0.4, -0.2) is 13.1 Å². The molecule has 0 saturated heterocycles. The second-order valence-corrected chi connectivity index (χ2v) is 5.09. The Morgan fingerprint density at radius 2 is 2.33 bits per heavy atom. The van der Waals surface area contributed by atoms with E-state index < -0.39 is 0 Å². The van der Waals surface area contributed by atoms with Crippen molar-refractivity contribution in [2.75, 3.05) is 7.05 Å². The number of thiophene rings is 1. The summed E-state index contributed by atoms with van der Waals surface area (Å²) in [6.45, 7) is 0. The van der Waals surface area contributed by atoms with E-state index in [-0.39, 0.29) is 0 Å². The van der Waals surface area contributed by atoms with Crippen LogP contribution >= 0.6 is 27.3 Å². The van der Waals surface area contributed by atoms with Crippen LogP contribution in [0.4, 0.5) is 0 Å². The Morgan fingerprint density at radius 1 is 1.58 bits per heavy atom. The zero-order valence-corrected chi connectivity index (χ0v) is 9.41. The molecule has 0 radical (unpaired) electrons. The van der Waals surface area contributed by atoms with E-state index in [1.807, 2.05) is 18.4 Å². The van der Waals surface area contributed by atoms with Gasteiger partial charge in [-0.05, 0) is 53.2 Å². The first-order valence-electron chi connectivity index (χ1n) is 4.21. The molecule has 0 spiro atoms. The molecule has 1 aromatic rings. The van der Waals surface area contributed by atoms with Gasteiger partial charge in [-0.1, -0.05) is 0 Å². The number of nitrogens with one attached hydrogen (secondary N) is 1. The summed E-state index contributed by atoms with van der Waals surface area (Å²) in [5.41, 5.74) is 0. The van der Waals surface area contributed by atoms with Gasteiger partial charge in [-0.15, -0.1) is 11.3 Å². The lowest BCUT2D eigenvalue weighted by Crippen LogP contribution is -2.37. The lowest BCUT2D eigenvalue weighted by Gasteiger charge is -2.34. The van der Waals surface area contributed by atoms with Crippen molar-refractivity contribution >= 4 is 27.3 Å². The summed E-state index contributed by atoms with van der Waals surface area (Å²) in [5, 5.41) is 5.46. The summed E-state index contributed by atoms with van der Waals surface area (Å²) < 4.78 is 1.30. The van der Waals surface area contributed by atoms with E-state index in [0.29, 0.717) is 0 Å². The fourth-order valence-electron chi connectivity index (χ4n) is 1.66. The van der Waals surface area contributed by atoms with E-state index in [2.05, 4.69) is 32.7 Å². The smallest absolute Gasteiger partial charge is 0.0317 e. The first kappa shape index (κ1) is 8.73. The van der Waals surface area contributed by atoms with Crippen molar-refractivity contribution in [2.24, 2.45) is 0 Å². The lowest BCUT2D eigenvalue weighted by atomic mass is 9.79. The van der Waals surface area contributed by atoms with Crippen molar-refractivity contribution in [1.29, 1.82) is 0 Å². The van der Waals surface area contributed by atoms with Crippen LogP contribution in [0.1, 0.15) is 23.6 Å². The van der Waals surface area contributed by atoms with Crippen LogP contribution in [0.15, 0.2) is 15.9 Å². The SMILES string of the molecule is CNC1CC(c2sccc2Br)C1. The maximum atomic E-state index is 3.57. The minimum Gasteiger partial charge on any atom is -0.317 e. The van der Waals surface area contributed by atoms with Crippen molar-refractivity contribution < 1.29 is 0 Å². The molecule has 66 valence electrons. The molecule has 0 aliphatic heterocycles. The minimum absolute atomic E-state index is 0.754. The van der Waals surface area contributed by atoms with E-state index in [9.17, 15) is 0 Å². The molecule has 12 heavy (non-hydrogen) atoms. The molecule has 0 atom stereocenters. The van der Waals surface area contributed by atoms with Crippen LogP contribution in [0.25, 0.3) is 0 Å². The van der Waals surface area contributed by atoms with Gasteiger partial charge in [0.1, 0.15) is 0 Å². The summed E-state index contributed by atoms with van der Waals surface area (Å²) >= 11 is 5.44. The zero-order chi connectivity index (χ0) is 8.55. The van der Waals surface area contributed by atoms with Crippen LogP contribution in [0.2, 0.25) is 0 Å². The highest BCUT2D eigenvalue weighted by Gasteiger charge is 2.30. The Bertz CT molecular complexity index is 265. The first-order chi connectivity index (χ1) is 5.81. The fraction of sp³-hybridized carbons (Fsp3) is 0.556. The molecular formula is C9H12BrNS. The molecule has 0 aromatic carbocycles. The van der Waals surface area contributed by atoms with Gasteiger partial charge in [0, 0.05) is 15.4 Å². The Hall–Kier alpha value is 0.140. The van der Waals surface area contributed by atoms with E-state index in [1.165, 1.54) is 22.2 Å². The number of hydrogen-bond acceptors (Lipinski definition) is 2. The minimum atomic E-state index is 0.754. The predicted molar refractivity (Wildman–Crippen MR) is 56.8 cm³/mol. The van der Waals surface area contributed by atoms with Crippen molar-refractivity contribution in [2.45, 2.75) is 24.8 Å². The highest BCUT2D eigenvalue weighted by atomic mass is 79.9. The van der Waals surface area contributed by atoms with Gasteiger partial charge in [0.25, 0.3) is 0 Å². The summed E-state index contributed by atoms with van der Waals surface area (Å²) in [6, 6.07) is 2.90. The molecule has 1 aliphatic rings. The first-order valence-corrected chi connectivity index (χ1v) is 5.88. The molecule has 2 rings (SSSR count). The Morgan fingerprint density at radius 3 is 2.83 bits per heavy atom. The van der Waals surface area contributed by atoms with Crippen molar-refractivity contribution in [3.05, 3.63) is 20.8 Å². The predicted octanol–water partition coefficient (Wildman–Crippen LogP) is 2.98. The molecule has 1 saturated carbocycles. The third-order valence-corrected chi connectivity index (χ3v) is 4.60. The topological polar surface area (TPSA) is 12.0 Å². The van der Waals surface area contributed by atoms with Crippen LogP contribution < -0.4 is 5.32 Å². The highest BCUT2D eigenvalue weighted by Crippen LogP contribution is 2.42. The fourth-order valence-corrected chi connectivity index (χ4v) is 3.49. The standard InChI is InChI=1S/C9H12BrNS/c1-11-7-4-6(5-7)9-8(10)2-3-12-9/h2-3,6-7,11H,4-5H2,1H3. The van der Waals surface area contributed by atoms with Gasteiger partial charge in [-0.25, -0.2) is 0 Å². The summed E-state index contributed by atoms with van der Waals surface area (Å²) in [5.74, 6) is 0.803. The molecule has 1 heterocycles. The molecule has 0 bridgehead atoms. The summed E-state index contributed by atoms with van der Waals surface area (Å²) in [7, 11) is 2.05. The highest BCUT2D eigenvalue weighted by molar-refractivity contribution is 9.10. The van der Waals surface area contributed by atoms with Gasteiger partial charge in [0.05, 0.1) is 0 Å². The molecule has 1 fully saturated rings. The number of hydrogen-bond donors (Lipinski definition) is 1. The molecule has 3 heteroatoms. The normalized spacial score (nSPS) is 28.5. The Kier molecular flexibility index (Phi) is 2.53. The quantitative estimate of drug-likeness (QED) is 0.845. The molecule has 0 amide bonds. The van der Waals surface area contributed by atoms with E-state index in [0.717, 1.165) is 12.0 Å². The van der Waals surface area contributed by atoms with Crippen LogP contribution in [-0.2, 0) is 0 Å². The van der Waals surface area contributed by atoms with Crippen LogP contribution in [0.3, 0.4) is 0 Å². The zero-order valence-electron chi connectivity index (χ0n) is 7.01. The average molecular weight is 246 g/mol. The van der Waals surface area contributed by atoms with E-state index in [1.54, 1.807) is 0 Å². The van der Waals surface area contributed by atoms with Crippen molar-refractivity contribution in [1.82, 2.24) is 5.32 Å². The van der Waals surface area contributed by atoms with Gasteiger partial charge >= 0.3 is 0 Å². The monoisotopic (exact) mass is 245 g/mol. The molecule has 1 nitrogen and oxygen atoms in total. The van der Waals surface area contributed by atoms with Crippen LogP contribution in [0, 0.1) is 0 Å². The number of rotatable bonds is 2. The Balaban J connectivity index is 2.01. The second kappa shape index (κ2) is 3.48. The van der Waals surface area contributed by atoms with E-state index in [4.69, 9.17) is 0 Å². The summed E-state index contributed by atoms with van der Waals surface area (Å²) in [6.07, 6.45) is 2.60. The number of halogens is 1. The lowest BCUT2D eigenvalue weighted by molar-refractivity contribution is 0.310. The van der Waals surface area contributed by atoms with Crippen LogP contribution in [0.5, 0.6) is 0 Å². The molecule has 1 aromatic heterocycles. The van der Waals surface area contributed by atoms with Gasteiger partial charge in [0.15, 0.2) is 0 Å². The van der Waals surface area contributed by atoms with Gasteiger partial charge in [0.2, 0.25) is 0 Å². The van der Waals surface area contributed by atoms with Crippen molar-refractivity contribution in [3.8, 4) is 0 Å².